The normalized spacial score (nSPS) is 10.4. The van der Waals surface area contributed by atoms with Crippen molar-refractivity contribution in [1.82, 2.24) is 9.78 Å². The molecule has 2 aromatic rings. The molecule has 14 heavy (non-hydrogen) atoms. The molecule has 72 valence electrons. The molecule has 0 aliphatic rings. The van der Waals surface area contributed by atoms with E-state index in [0.29, 0.717) is 0 Å². The molecule has 0 fully saturated rings. The summed E-state index contributed by atoms with van der Waals surface area (Å²) in [4.78, 5) is 0. The minimum Gasteiger partial charge on any atom is -0.241 e. The summed E-state index contributed by atoms with van der Waals surface area (Å²) in [6, 6.07) is 8.34. The highest BCUT2D eigenvalue weighted by Gasteiger charge is 1.97. The first kappa shape index (κ1) is 9.46. The molecule has 0 saturated heterocycles. The second kappa shape index (κ2) is 3.96. The van der Waals surface area contributed by atoms with Crippen molar-refractivity contribution >= 4 is 15.9 Å². The maximum atomic E-state index is 4.25. The summed E-state index contributed by atoms with van der Waals surface area (Å²) >= 11 is 3.42. The van der Waals surface area contributed by atoms with Crippen LogP contribution in [-0.2, 0) is 5.33 Å². The van der Waals surface area contributed by atoms with E-state index in [-0.39, 0.29) is 0 Å². The number of aryl methyl sites for hydroxylation is 1. The first-order valence-corrected chi connectivity index (χ1v) is 5.58. The summed E-state index contributed by atoms with van der Waals surface area (Å²) in [7, 11) is 0. The third-order valence-corrected chi connectivity index (χ3v) is 2.71. The SMILES string of the molecule is Cc1cnn(-c2ccc(CBr)cc2)c1. The van der Waals surface area contributed by atoms with Crippen LogP contribution in [0.4, 0.5) is 0 Å². The lowest BCUT2D eigenvalue weighted by atomic mass is 10.2. The number of halogens is 1. The highest BCUT2D eigenvalue weighted by atomic mass is 79.9. The van der Waals surface area contributed by atoms with Gasteiger partial charge in [-0.05, 0) is 30.2 Å². The molecule has 0 aliphatic carbocycles. The molecule has 0 aliphatic heterocycles. The zero-order chi connectivity index (χ0) is 9.97. The largest absolute Gasteiger partial charge is 0.241 e. The van der Waals surface area contributed by atoms with E-state index >= 15 is 0 Å². The molecule has 0 atom stereocenters. The van der Waals surface area contributed by atoms with Crippen LogP contribution in [0.3, 0.4) is 0 Å². The summed E-state index contributed by atoms with van der Waals surface area (Å²) < 4.78 is 1.88. The van der Waals surface area contributed by atoms with E-state index in [1.807, 2.05) is 24.0 Å². The summed E-state index contributed by atoms with van der Waals surface area (Å²) in [6.07, 6.45) is 3.88. The predicted molar refractivity (Wildman–Crippen MR) is 60.9 cm³/mol. The van der Waals surface area contributed by atoms with Crippen LogP contribution in [0.5, 0.6) is 0 Å². The summed E-state index contributed by atoms with van der Waals surface area (Å²) in [6.45, 7) is 2.04. The molecule has 0 unspecified atom stereocenters. The van der Waals surface area contributed by atoms with Gasteiger partial charge in [0.05, 0.1) is 11.9 Å². The first-order chi connectivity index (χ1) is 6.79. The van der Waals surface area contributed by atoms with Crippen LogP contribution in [0.1, 0.15) is 11.1 Å². The maximum Gasteiger partial charge on any atom is 0.0645 e. The monoisotopic (exact) mass is 250 g/mol. The fourth-order valence-electron chi connectivity index (χ4n) is 1.29. The highest BCUT2D eigenvalue weighted by molar-refractivity contribution is 9.08. The Morgan fingerprint density at radius 3 is 2.50 bits per heavy atom. The standard InChI is InChI=1S/C11H11BrN2/c1-9-7-13-14(8-9)11-4-2-10(6-12)3-5-11/h2-5,7-8H,6H2,1H3. The van der Waals surface area contributed by atoms with E-state index in [0.717, 1.165) is 11.0 Å². The van der Waals surface area contributed by atoms with Gasteiger partial charge in [0.2, 0.25) is 0 Å². The van der Waals surface area contributed by atoms with Crippen molar-refractivity contribution in [3.05, 3.63) is 47.8 Å². The Morgan fingerprint density at radius 1 is 1.29 bits per heavy atom. The van der Waals surface area contributed by atoms with Crippen molar-refractivity contribution in [3.63, 3.8) is 0 Å². The molecular weight excluding hydrogens is 240 g/mol. The van der Waals surface area contributed by atoms with E-state index < -0.39 is 0 Å². The van der Waals surface area contributed by atoms with Crippen LogP contribution in [0.2, 0.25) is 0 Å². The molecule has 0 N–H and O–H groups in total. The molecule has 2 rings (SSSR count). The van der Waals surface area contributed by atoms with Crippen molar-refractivity contribution in [1.29, 1.82) is 0 Å². The smallest absolute Gasteiger partial charge is 0.0645 e. The number of alkyl halides is 1. The third-order valence-electron chi connectivity index (χ3n) is 2.07. The number of nitrogens with zero attached hydrogens (tertiary/aromatic N) is 2. The zero-order valence-corrected chi connectivity index (χ0v) is 9.53. The minimum atomic E-state index is 0.894. The van der Waals surface area contributed by atoms with Crippen LogP contribution in [0.15, 0.2) is 36.7 Å². The molecule has 0 amide bonds. The van der Waals surface area contributed by atoms with Crippen LogP contribution in [-0.4, -0.2) is 9.78 Å². The average Bonchev–Trinajstić information content (AvgIpc) is 2.65. The van der Waals surface area contributed by atoms with Gasteiger partial charge in [0.25, 0.3) is 0 Å². The lowest BCUT2D eigenvalue weighted by molar-refractivity contribution is 0.879. The van der Waals surface area contributed by atoms with E-state index in [2.05, 4.69) is 45.3 Å². The Bertz CT molecular complexity index is 417. The third kappa shape index (κ3) is 1.87. The van der Waals surface area contributed by atoms with E-state index in [4.69, 9.17) is 0 Å². The Hall–Kier alpha value is -1.09. The molecule has 1 heterocycles. The van der Waals surface area contributed by atoms with Crippen molar-refractivity contribution in [2.24, 2.45) is 0 Å². The Balaban J connectivity index is 2.33. The fourth-order valence-corrected chi connectivity index (χ4v) is 1.67. The summed E-state index contributed by atoms with van der Waals surface area (Å²) in [5.41, 5.74) is 3.55. The average molecular weight is 251 g/mol. The van der Waals surface area contributed by atoms with Crippen LogP contribution < -0.4 is 0 Å². The maximum absolute atomic E-state index is 4.25. The second-order valence-electron chi connectivity index (χ2n) is 3.26. The molecule has 1 aromatic heterocycles. The second-order valence-corrected chi connectivity index (χ2v) is 3.82. The lowest BCUT2D eigenvalue weighted by Crippen LogP contribution is -1.93. The van der Waals surface area contributed by atoms with Crippen molar-refractivity contribution in [3.8, 4) is 5.69 Å². The molecule has 0 radical (unpaired) electrons. The molecular formula is C11H11BrN2. The van der Waals surface area contributed by atoms with E-state index in [1.54, 1.807) is 0 Å². The molecule has 0 spiro atoms. The highest BCUT2D eigenvalue weighted by Crippen LogP contribution is 2.11. The van der Waals surface area contributed by atoms with Crippen molar-refractivity contribution in [2.75, 3.05) is 0 Å². The molecule has 0 bridgehead atoms. The molecule has 1 aromatic carbocycles. The molecule has 2 nitrogen and oxygen atoms in total. The van der Waals surface area contributed by atoms with E-state index in [9.17, 15) is 0 Å². The topological polar surface area (TPSA) is 17.8 Å². The number of hydrogen-bond donors (Lipinski definition) is 0. The number of aromatic nitrogens is 2. The van der Waals surface area contributed by atoms with Gasteiger partial charge in [-0.3, -0.25) is 0 Å². The van der Waals surface area contributed by atoms with E-state index in [1.165, 1.54) is 11.1 Å². The van der Waals surface area contributed by atoms with Crippen molar-refractivity contribution < 1.29 is 0 Å². The van der Waals surface area contributed by atoms with Gasteiger partial charge >= 0.3 is 0 Å². The zero-order valence-electron chi connectivity index (χ0n) is 7.94. The van der Waals surface area contributed by atoms with Crippen molar-refractivity contribution in [2.45, 2.75) is 12.3 Å². The Labute approximate surface area is 91.7 Å². The Kier molecular flexibility index (Phi) is 2.68. The van der Waals surface area contributed by atoms with Gasteiger partial charge in [-0.2, -0.15) is 5.10 Å². The van der Waals surface area contributed by atoms with Gasteiger partial charge in [-0.1, -0.05) is 28.1 Å². The van der Waals surface area contributed by atoms with Gasteiger partial charge in [0.1, 0.15) is 0 Å². The molecule has 3 heteroatoms. The van der Waals surface area contributed by atoms with Gasteiger partial charge in [0, 0.05) is 11.5 Å². The van der Waals surface area contributed by atoms with Gasteiger partial charge in [-0.15, -0.1) is 0 Å². The summed E-state index contributed by atoms with van der Waals surface area (Å²) in [5, 5.41) is 5.14. The van der Waals surface area contributed by atoms with Gasteiger partial charge in [-0.25, -0.2) is 4.68 Å². The van der Waals surface area contributed by atoms with Crippen LogP contribution >= 0.6 is 15.9 Å². The predicted octanol–water partition coefficient (Wildman–Crippen LogP) is 3.08. The van der Waals surface area contributed by atoms with Gasteiger partial charge < -0.3 is 0 Å². The number of rotatable bonds is 2. The first-order valence-electron chi connectivity index (χ1n) is 4.46. The quantitative estimate of drug-likeness (QED) is 0.750. The van der Waals surface area contributed by atoms with Crippen LogP contribution in [0, 0.1) is 6.92 Å². The fraction of sp³-hybridized carbons (Fsp3) is 0.182. The van der Waals surface area contributed by atoms with Crippen LogP contribution in [0.25, 0.3) is 5.69 Å². The minimum absolute atomic E-state index is 0.894. The number of benzene rings is 1. The van der Waals surface area contributed by atoms with Gasteiger partial charge in [0.15, 0.2) is 0 Å². The summed E-state index contributed by atoms with van der Waals surface area (Å²) in [5.74, 6) is 0. The lowest BCUT2D eigenvalue weighted by Gasteiger charge is -2.01. The number of hydrogen-bond acceptors (Lipinski definition) is 1. The Morgan fingerprint density at radius 2 is 2.00 bits per heavy atom. The molecule has 0 saturated carbocycles.